The highest BCUT2D eigenvalue weighted by Gasteiger charge is 2.25. The van der Waals surface area contributed by atoms with E-state index in [1.807, 2.05) is 0 Å². The molecule has 3 aromatic heterocycles. The van der Waals surface area contributed by atoms with Crippen molar-refractivity contribution < 1.29 is 51.9 Å². The number of aromatic nitrogens is 6. The molecule has 22 heteroatoms. The number of hydrogen-bond donors (Lipinski definition) is 7. The van der Waals surface area contributed by atoms with Crippen LogP contribution in [0.25, 0.3) is 67.3 Å². The molecule has 264 valence electrons. The van der Waals surface area contributed by atoms with Crippen molar-refractivity contribution in [2.75, 3.05) is 0 Å². The smallest absolute Gasteiger partial charge is 0.296 e. The summed E-state index contributed by atoms with van der Waals surface area (Å²) in [5.74, 6) is 0.183. The zero-order valence-corrected chi connectivity index (χ0v) is 29.0. The molecule has 0 saturated carbocycles. The Hall–Kier alpha value is -5.07. The van der Waals surface area contributed by atoms with Crippen molar-refractivity contribution >= 4 is 73.6 Å². The first-order valence-electron chi connectivity index (χ1n) is 14.2. The molecule has 3 heterocycles. The molecular weight excluding hydrogens is 753 g/mol. The fraction of sp³-hybridized carbons (Fsp3) is 0.0690. The van der Waals surface area contributed by atoms with Gasteiger partial charge in [0.1, 0.15) is 38.3 Å². The van der Waals surface area contributed by atoms with E-state index in [0.717, 1.165) is 6.07 Å². The number of imidazole rings is 3. The molecule has 0 unspecified atom stereocenters. The minimum atomic E-state index is -5.07. The van der Waals surface area contributed by atoms with E-state index in [4.69, 9.17) is 0 Å². The van der Waals surface area contributed by atoms with Gasteiger partial charge in [0.15, 0.2) is 0 Å². The zero-order valence-electron chi connectivity index (χ0n) is 25.7. The van der Waals surface area contributed by atoms with Gasteiger partial charge < -0.3 is 15.0 Å². The minimum Gasteiger partial charge on any atom is -0.338 e. The van der Waals surface area contributed by atoms with Gasteiger partial charge in [-0.1, -0.05) is 0 Å². The number of rotatable bonds is 7. The van der Waals surface area contributed by atoms with E-state index in [0.29, 0.717) is 28.3 Å². The van der Waals surface area contributed by atoms with Crippen LogP contribution < -0.4 is 0 Å². The van der Waals surface area contributed by atoms with E-state index >= 15 is 0 Å². The van der Waals surface area contributed by atoms with E-state index in [9.17, 15) is 51.9 Å². The molecule has 0 atom stereocenters. The Morgan fingerprint density at radius 1 is 0.451 bits per heavy atom. The molecule has 0 spiro atoms. The lowest BCUT2D eigenvalue weighted by Gasteiger charge is -2.06. The van der Waals surface area contributed by atoms with Gasteiger partial charge in [-0.2, -0.15) is 33.7 Å². The number of aromatic amines is 3. The van der Waals surface area contributed by atoms with Crippen molar-refractivity contribution in [2.45, 2.75) is 33.4 Å². The highest BCUT2D eigenvalue weighted by atomic mass is 32.2. The van der Waals surface area contributed by atoms with Crippen molar-refractivity contribution in [3.05, 3.63) is 65.7 Å². The molecule has 4 aromatic carbocycles. The Morgan fingerprint density at radius 3 is 1.25 bits per heavy atom. The third-order valence-electron chi connectivity index (χ3n) is 7.88. The van der Waals surface area contributed by atoms with Crippen molar-refractivity contribution in [1.82, 2.24) is 29.9 Å². The van der Waals surface area contributed by atoms with Crippen LogP contribution >= 0.6 is 0 Å². The maximum atomic E-state index is 12.2. The lowest BCUT2D eigenvalue weighted by atomic mass is 10.0. The Morgan fingerprint density at radius 2 is 0.824 bits per heavy atom. The Labute approximate surface area is 287 Å². The van der Waals surface area contributed by atoms with Gasteiger partial charge in [-0.15, -0.1) is 0 Å². The van der Waals surface area contributed by atoms with Crippen molar-refractivity contribution in [1.29, 1.82) is 0 Å². The van der Waals surface area contributed by atoms with Crippen LogP contribution in [0.2, 0.25) is 0 Å². The number of aryl methyl sites for hydroxylation is 2. The minimum absolute atomic E-state index is 0.0722. The molecular formula is C29H22N6O12S4. The maximum absolute atomic E-state index is 12.2. The Balaban J connectivity index is 1.51. The highest BCUT2D eigenvalue weighted by molar-refractivity contribution is 7.87. The predicted octanol–water partition coefficient (Wildman–Crippen LogP) is 3.92. The summed E-state index contributed by atoms with van der Waals surface area (Å²) in [4.78, 5) is 19.5. The van der Waals surface area contributed by atoms with Crippen LogP contribution in [0.1, 0.15) is 11.1 Å². The fourth-order valence-corrected chi connectivity index (χ4v) is 8.29. The van der Waals surface area contributed by atoms with Gasteiger partial charge in [0.2, 0.25) is 0 Å². The largest absolute Gasteiger partial charge is 0.338 e. The van der Waals surface area contributed by atoms with Gasteiger partial charge in [-0.3, -0.25) is 18.2 Å². The summed E-state index contributed by atoms with van der Waals surface area (Å²) in [5.41, 5.74) is 1.82. The number of benzene rings is 4. The maximum Gasteiger partial charge on any atom is 0.296 e. The van der Waals surface area contributed by atoms with E-state index in [1.165, 1.54) is 30.3 Å². The summed E-state index contributed by atoms with van der Waals surface area (Å²) < 4.78 is 135. The second-order valence-electron chi connectivity index (χ2n) is 11.6. The lowest BCUT2D eigenvalue weighted by molar-refractivity contribution is 0.479. The molecule has 0 bridgehead atoms. The molecule has 7 rings (SSSR count). The molecule has 0 radical (unpaired) electrons. The zero-order chi connectivity index (χ0) is 37.0. The summed E-state index contributed by atoms with van der Waals surface area (Å²) in [6.07, 6.45) is 0. The third kappa shape index (κ3) is 6.27. The van der Waals surface area contributed by atoms with E-state index < -0.39 is 55.2 Å². The van der Waals surface area contributed by atoms with Crippen LogP contribution in [-0.2, 0) is 40.5 Å². The summed E-state index contributed by atoms with van der Waals surface area (Å²) in [6.45, 7) is 3.19. The van der Waals surface area contributed by atoms with Gasteiger partial charge in [0.25, 0.3) is 40.5 Å². The highest BCUT2D eigenvalue weighted by Crippen LogP contribution is 2.36. The van der Waals surface area contributed by atoms with Gasteiger partial charge in [0.05, 0.1) is 31.9 Å². The summed E-state index contributed by atoms with van der Waals surface area (Å²) in [5, 5.41) is 0. The van der Waals surface area contributed by atoms with Crippen molar-refractivity contribution in [2.24, 2.45) is 0 Å². The molecule has 0 saturated heterocycles. The SMILES string of the molecule is Cc1cc(S(=O)(=O)O)c2nc(-c3cc(-c4nc5c(C)cc(S(=O)(=O)O)cc5[nH]4)cc(-c4nc5c(S(=O)(=O)O)cc(S(=O)(=O)O)cc5[nH]4)c3)[nH]c2c1. The molecule has 7 N–H and O–H groups in total. The Kier molecular flexibility index (Phi) is 7.56. The number of hydrogen-bond acceptors (Lipinski definition) is 11. The predicted molar refractivity (Wildman–Crippen MR) is 180 cm³/mol. The van der Waals surface area contributed by atoms with Gasteiger partial charge in [-0.25, -0.2) is 15.0 Å². The summed E-state index contributed by atoms with van der Waals surface area (Å²) in [6, 6.07) is 11.3. The lowest BCUT2D eigenvalue weighted by Crippen LogP contribution is -2.04. The molecule has 51 heavy (non-hydrogen) atoms. The van der Waals surface area contributed by atoms with Crippen LogP contribution in [0, 0.1) is 13.8 Å². The van der Waals surface area contributed by atoms with Crippen LogP contribution in [-0.4, -0.2) is 81.8 Å². The second kappa shape index (κ2) is 11.2. The van der Waals surface area contributed by atoms with Gasteiger partial charge in [0, 0.05) is 16.7 Å². The van der Waals surface area contributed by atoms with Crippen LogP contribution in [0.4, 0.5) is 0 Å². The van der Waals surface area contributed by atoms with E-state index in [1.54, 1.807) is 26.0 Å². The van der Waals surface area contributed by atoms with Crippen molar-refractivity contribution in [3.8, 4) is 34.2 Å². The topological polar surface area (TPSA) is 304 Å². The molecule has 0 amide bonds. The molecule has 7 aromatic rings. The monoisotopic (exact) mass is 774 g/mol. The van der Waals surface area contributed by atoms with E-state index in [2.05, 4.69) is 29.9 Å². The average Bonchev–Trinajstić information content (AvgIpc) is 3.74. The van der Waals surface area contributed by atoms with Gasteiger partial charge >= 0.3 is 0 Å². The van der Waals surface area contributed by atoms with Crippen LogP contribution in [0.3, 0.4) is 0 Å². The third-order valence-corrected chi connectivity index (χ3v) is 11.3. The normalized spacial score (nSPS) is 13.1. The first-order chi connectivity index (χ1) is 23.6. The first-order valence-corrected chi connectivity index (χ1v) is 19.9. The standard InChI is InChI=1S/C29H22N6O12S4/c1-12-3-19-25(22(4-12)50(42,43)44)34-28(30-19)15-6-14(27-31-20-9-17(48(36,37)38)5-13(2)24(20)33-27)7-16(8-15)29-32-21-10-18(49(39,40)41)11-23(26(21)35-29)51(45,46)47/h3-11H,1-2H3,(H,30,34)(H,31,33)(H,32,35)(H,36,37,38)(H,39,40,41)(H,42,43,44)(H,45,46,47). The second-order valence-corrected chi connectivity index (χ2v) is 17.2. The Bertz CT molecular complexity index is 3110. The van der Waals surface area contributed by atoms with E-state index in [-0.39, 0.29) is 61.1 Å². The van der Waals surface area contributed by atoms with Crippen LogP contribution in [0.15, 0.2) is 74.2 Å². The molecule has 0 aliphatic carbocycles. The average molecular weight is 775 g/mol. The number of H-pyrrole nitrogens is 3. The molecule has 18 nitrogen and oxygen atoms in total. The number of nitrogens with one attached hydrogen (secondary N) is 3. The fourth-order valence-electron chi connectivity index (χ4n) is 5.68. The summed E-state index contributed by atoms with van der Waals surface area (Å²) in [7, 11) is -19.3. The van der Waals surface area contributed by atoms with Gasteiger partial charge in [-0.05, 0) is 79.6 Å². The molecule has 0 fully saturated rings. The first kappa shape index (κ1) is 34.4. The molecule has 0 aliphatic rings. The number of fused-ring (bicyclic) bond motifs is 3. The molecule has 0 aliphatic heterocycles. The van der Waals surface area contributed by atoms with Crippen molar-refractivity contribution in [3.63, 3.8) is 0 Å². The quantitative estimate of drug-likeness (QED) is 0.113. The number of nitrogens with zero attached hydrogens (tertiary/aromatic N) is 3. The summed E-state index contributed by atoms with van der Waals surface area (Å²) >= 11 is 0. The van der Waals surface area contributed by atoms with Crippen LogP contribution in [0.5, 0.6) is 0 Å².